The molecule has 1 aliphatic heterocycles. The van der Waals surface area contributed by atoms with E-state index in [9.17, 15) is 9.59 Å². The zero-order valence-electron chi connectivity index (χ0n) is 15.2. The first kappa shape index (κ1) is 18.1. The van der Waals surface area contributed by atoms with Crippen molar-refractivity contribution in [2.24, 2.45) is 0 Å². The number of aliphatic hydroxyl groups excluding tert-OH is 1. The molecule has 138 valence electrons. The molecule has 1 aromatic heterocycles. The van der Waals surface area contributed by atoms with Crippen molar-refractivity contribution < 1.29 is 19.2 Å². The molecule has 1 aliphatic rings. The van der Waals surface area contributed by atoms with E-state index in [0.29, 0.717) is 30.1 Å². The van der Waals surface area contributed by atoms with E-state index in [0.717, 1.165) is 5.56 Å². The van der Waals surface area contributed by atoms with Crippen LogP contribution in [-0.2, 0) is 21.6 Å². The van der Waals surface area contributed by atoms with Crippen molar-refractivity contribution in [3.63, 3.8) is 0 Å². The highest BCUT2D eigenvalue weighted by Gasteiger charge is 2.37. The Labute approximate surface area is 152 Å². The summed E-state index contributed by atoms with van der Waals surface area (Å²) in [5.74, 6) is 0.620. The minimum absolute atomic E-state index is 0.0690. The van der Waals surface area contributed by atoms with Gasteiger partial charge in [0.05, 0.1) is 6.61 Å². The maximum absolute atomic E-state index is 12.7. The number of hydrogen-bond donors (Lipinski definition) is 2. The van der Waals surface area contributed by atoms with Crippen molar-refractivity contribution in [3.05, 3.63) is 41.7 Å². The van der Waals surface area contributed by atoms with Crippen molar-refractivity contribution in [2.75, 3.05) is 10.2 Å². The fourth-order valence-electron chi connectivity index (χ4n) is 2.91. The average molecular weight is 357 g/mol. The van der Waals surface area contributed by atoms with Crippen LogP contribution in [0.3, 0.4) is 0 Å². The Morgan fingerprint density at radius 2 is 2.04 bits per heavy atom. The largest absolute Gasteiger partial charge is 0.392 e. The number of nitrogens with one attached hydrogen (secondary N) is 1. The van der Waals surface area contributed by atoms with Gasteiger partial charge in [-0.3, -0.25) is 14.5 Å². The van der Waals surface area contributed by atoms with Gasteiger partial charge in [0.1, 0.15) is 11.8 Å². The fraction of sp³-hybridized carbons (Fsp3) is 0.421. The van der Waals surface area contributed by atoms with Crippen LogP contribution >= 0.6 is 0 Å². The van der Waals surface area contributed by atoms with Gasteiger partial charge in [-0.2, -0.15) is 0 Å². The number of aromatic nitrogens is 1. The van der Waals surface area contributed by atoms with Crippen LogP contribution in [0.4, 0.5) is 11.5 Å². The second-order valence-corrected chi connectivity index (χ2v) is 7.46. The Balaban J connectivity index is 1.77. The van der Waals surface area contributed by atoms with E-state index >= 15 is 0 Å². The average Bonchev–Trinajstić information content (AvgIpc) is 3.21. The van der Waals surface area contributed by atoms with Gasteiger partial charge >= 0.3 is 0 Å². The molecule has 3 rings (SSSR count). The molecule has 0 bridgehead atoms. The summed E-state index contributed by atoms with van der Waals surface area (Å²) in [5, 5.41) is 15.8. The van der Waals surface area contributed by atoms with Crippen LogP contribution in [0.15, 0.2) is 34.9 Å². The Morgan fingerprint density at radius 1 is 1.35 bits per heavy atom. The number of carbonyl (C=O) groups excluding carboxylic acids is 2. The smallest absolute Gasteiger partial charge is 0.248 e. The lowest BCUT2D eigenvalue weighted by Gasteiger charge is -2.24. The molecule has 26 heavy (non-hydrogen) atoms. The van der Waals surface area contributed by atoms with Crippen LogP contribution in [0.25, 0.3) is 0 Å². The quantitative estimate of drug-likeness (QED) is 0.877. The summed E-state index contributed by atoms with van der Waals surface area (Å²) in [5.41, 5.74) is 1.18. The zero-order chi connectivity index (χ0) is 18.9. The summed E-state index contributed by atoms with van der Waals surface area (Å²) in [6.07, 6.45) is 0.752. The molecule has 1 fully saturated rings. The van der Waals surface area contributed by atoms with E-state index < -0.39 is 6.04 Å². The summed E-state index contributed by atoms with van der Waals surface area (Å²) < 4.78 is 5.28. The van der Waals surface area contributed by atoms with Crippen molar-refractivity contribution >= 4 is 23.3 Å². The van der Waals surface area contributed by atoms with Crippen molar-refractivity contribution in [3.8, 4) is 0 Å². The number of benzene rings is 1. The van der Waals surface area contributed by atoms with Gasteiger partial charge in [-0.15, -0.1) is 0 Å². The molecule has 0 aliphatic carbocycles. The zero-order valence-corrected chi connectivity index (χ0v) is 15.2. The number of carbonyl (C=O) groups is 2. The first-order chi connectivity index (χ1) is 12.3. The lowest BCUT2D eigenvalue weighted by molar-refractivity contribution is -0.120. The molecule has 1 aromatic carbocycles. The van der Waals surface area contributed by atoms with Crippen LogP contribution in [0.2, 0.25) is 0 Å². The van der Waals surface area contributed by atoms with E-state index in [1.54, 1.807) is 30.3 Å². The van der Waals surface area contributed by atoms with E-state index in [2.05, 4.69) is 10.5 Å². The lowest BCUT2D eigenvalue weighted by Crippen LogP contribution is -2.41. The van der Waals surface area contributed by atoms with Crippen molar-refractivity contribution in [1.29, 1.82) is 0 Å². The molecule has 1 saturated heterocycles. The summed E-state index contributed by atoms with van der Waals surface area (Å²) in [6, 6.07) is 8.06. The predicted octanol–water partition coefficient (Wildman–Crippen LogP) is 2.60. The lowest BCUT2D eigenvalue weighted by atomic mass is 9.93. The highest BCUT2D eigenvalue weighted by atomic mass is 16.5. The van der Waals surface area contributed by atoms with Crippen LogP contribution in [0, 0.1) is 0 Å². The molecule has 0 radical (unpaired) electrons. The van der Waals surface area contributed by atoms with Crippen molar-refractivity contribution in [1.82, 2.24) is 5.16 Å². The summed E-state index contributed by atoms with van der Waals surface area (Å²) in [4.78, 5) is 26.5. The molecule has 2 aromatic rings. The van der Waals surface area contributed by atoms with Crippen LogP contribution in [0.1, 0.15) is 44.9 Å². The third-order valence-electron chi connectivity index (χ3n) is 4.41. The van der Waals surface area contributed by atoms with E-state index in [1.165, 1.54) is 4.90 Å². The first-order valence-corrected chi connectivity index (χ1v) is 8.59. The second-order valence-electron chi connectivity index (χ2n) is 7.46. The third kappa shape index (κ3) is 3.62. The number of aliphatic hydroxyl groups is 1. The topological polar surface area (TPSA) is 95.7 Å². The van der Waals surface area contributed by atoms with Gasteiger partial charge in [0.15, 0.2) is 5.82 Å². The SMILES string of the molecule is CC(C)(C)c1cc(NC(=O)C2CCC(=O)N2c2ccc(CO)cc2)no1. The van der Waals surface area contributed by atoms with E-state index in [1.807, 2.05) is 20.8 Å². The van der Waals surface area contributed by atoms with E-state index in [-0.39, 0.29) is 23.8 Å². The molecule has 7 nitrogen and oxygen atoms in total. The van der Waals surface area contributed by atoms with Gasteiger partial charge in [-0.05, 0) is 24.1 Å². The fourth-order valence-corrected chi connectivity index (χ4v) is 2.91. The monoisotopic (exact) mass is 357 g/mol. The standard InChI is InChI=1S/C19H23N3O4/c1-19(2,3)15-10-16(21-26-15)20-18(25)14-8-9-17(24)22(14)13-6-4-12(11-23)5-7-13/h4-7,10,14,23H,8-9,11H2,1-3H3,(H,20,21,25). The summed E-state index contributed by atoms with van der Waals surface area (Å²) >= 11 is 0. The number of rotatable bonds is 4. The third-order valence-corrected chi connectivity index (χ3v) is 4.41. The highest BCUT2D eigenvalue weighted by molar-refractivity contribution is 6.07. The Bertz CT molecular complexity index is 805. The first-order valence-electron chi connectivity index (χ1n) is 8.59. The van der Waals surface area contributed by atoms with Gasteiger partial charge in [0.2, 0.25) is 11.8 Å². The van der Waals surface area contributed by atoms with Crippen LogP contribution in [-0.4, -0.2) is 28.1 Å². The van der Waals surface area contributed by atoms with E-state index in [4.69, 9.17) is 9.63 Å². The molecule has 0 saturated carbocycles. The van der Waals surface area contributed by atoms with Gasteiger partial charge in [-0.25, -0.2) is 0 Å². The van der Waals surface area contributed by atoms with Gasteiger partial charge < -0.3 is 14.9 Å². The molecule has 0 spiro atoms. The van der Waals surface area contributed by atoms with Crippen LogP contribution < -0.4 is 10.2 Å². The number of amides is 2. The number of anilines is 2. The Morgan fingerprint density at radius 3 is 2.62 bits per heavy atom. The molecular weight excluding hydrogens is 334 g/mol. The molecule has 2 N–H and O–H groups in total. The molecule has 1 unspecified atom stereocenters. The maximum atomic E-state index is 12.7. The molecular formula is C19H23N3O4. The highest BCUT2D eigenvalue weighted by Crippen LogP contribution is 2.29. The molecule has 2 amide bonds. The predicted molar refractivity (Wildman–Crippen MR) is 96.7 cm³/mol. The minimum atomic E-state index is -0.600. The maximum Gasteiger partial charge on any atom is 0.248 e. The summed E-state index contributed by atoms with van der Waals surface area (Å²) in [7, 11) is 0. The Hall–Kier alpha value is -2.67. The normalized spacial score (nSPS) is 17.6. The molecule has 1 atom stereocenters. The van der Waals surface area contributed by atoms with Crippen LogP contribution in [0.5, 0.6) is 0 Å². The Kier molecular flexibility index (Phi) is 4.82. The second kappa shape index (κ2) is 6.92. The molecule has 2 heterocycles. The number of hydrogen-bond acceptors (Lipinski definition) is 5. The van der Waals surface area contributed by atoms with Gasteiger partial charge in [0, 0.05) is 23.6 Å². The van der Waals surface area contributed by atoms with Crippen molar-refractivity contribution in [2.45, 2.75) is 51.7 Å². The summed E-state index contributed by atoms with van der Waals surface area (Å²) in [6.45, 7) is 5.91. The minimum Gasteiger partial charge on any atom is -0.392 e. The van der Waals surface area contributed by atoms with Gasteiger partial charge in [0.25, 0.3) is 0 Å². The number of nitrogens with zero attached hydrogens (tertiary/aromatic N) is 2. The van der Waals surface area contributed by atoms with Gasteiger partial charge in [-0.1, -0.05) is 38.1 Å². The molecule has 7 heteroatoms.